The Morgan fingerprint density at radius 2 is 1.87 bits per heavy atom. The van der Waals surface area contributed by atoms with E-state index in [-0.39, 0.29) is 59.6 Å². The number of aliphatic hydroxyl groups is 1. The lowest BCUT2D eigenvalue weighted by molar-refractivity contribution is 0.0366. The molecule has 2 aromatic carbocycles. The van der Waals surface area contributed by atoms with E-state index in [9.17, 15) is 23.1 Å². The van der Waals surface area contributed by atoms with Crippen LogP contribution in [0.4, 0.5) is 10.5 Å². The van der Waals surface area contributed by atoms with Crippen LogP contribution in [0.15, 0.2) is 47.4 Å². The minimum absolute atomic E-state index is 0.0322. The summed E-state index contributed by atoms with van der Waals surface area (Å²) < 4.78 is 39.9. The van der Waals surface area contributed by atoms with Crippen molar-refractivity contribution in [3.8, 4) is 11.5 Å². The summed E-state index contributed by atoms with van der Waals surface area (Å²) in [6, 6.07) is 9.65. The summed E-state index contributed by atoms with van der Waals surface area (Å²) in [6.07, 6.45) is -0.477. The molecule has 12 heteroatoms. The number of nitrogens with one attached hydrogen (secondary N) is 2. The molecule has 0 unspecified atom stereocenters. The minimum atomic E-state index is -3.95. The number of amides is 3. The van der Waals surface area contributed by atoms with Crippen LogP contribution in [0.3, 0.4) is 0 Å². The van der Waals surface area contributed by atoms with Crippen molar-refractivity contribution >= 4 is 27.6 Å². The Morgan fingerprint density at radius 1 is 1.21 bits per heavy atom. The van der Waals surface area contributed by atoms with E-state index in [1.165, 1.54) is 36.3 Å². The number of carbonyl (C=O) groups is 2. The number of fused-ring (bicyclic) bond motifs is 1. The fourth-order valence-corrected chi connectivity index (χ4v) is 5.23. The molecule has 0 radical (unpaired) electrons. The lowest BCUT2D eigenvalue weighted by atomic mass is 9.99. The first-order valence-corrected chi connectivity index (χ1v) is 14.3. The number of benzene rings is 2. The molecule has 3 N–H and O–H groups in total. The molecule has 0 aliphatic carbocycles. The smallest absolute Gasteiger partial charge is 0.317 e. The van der Waals surface area contributed by atoms with Gasteiger partial charge in [0.1, 0.15) is 17.6 Å². The molecule has 1 heterocycles. The average Bonchev–Trinajstić information content (AvgIpc) is 2.89. The topological polar surface area (TPSA) is 138 Å². The number of ether oxygens (including phenoxy) is 2. The van der Waals surface area contributed by atoms with Gasteiger partial charge in [0, 0.05) is 31.2 Å². The summed E-state index contributed by atoms with van der Waals surface area (Å²) in [6.45, 7) is 7.67. The van der Waals surface area contributed by atoms with Crippen LogP contribution < -0.4 is 19.5 Å². The third-order valence-corrected chi connectivity index (χ3v) is 7.90. The van der Waals surface area contributed by atoms with Gasteiger partial charge < -0.3 is 29.7 Å². The molecular formula is C27H38N4O7S. The first-order valence-electron chi connectivity index (χ1n) is 12.8. The lowest BCUT2D eigenvalue weighted by Gasteiger charge is -2.38. The maximum atomic E-state index is 13.6. The Balaban J connectivity index is 1.95. The Hall–Kier alpha value is -3.51. The number of nitrogens with zero attached hydrogens (tertiary/aromatic N) is 2. The van der Waals surface area contributed by atoms with Gasteiger partial charge in [-0.3, -0.25) is 9.52 Å². The molecule has 214 valence electrons. The molecule has 39 heavy (non-hydrogen) atoms. The monoisotopic (exact) mass is 562 g/mol. The summed E-state index contributed by atoms with van der Waals surface area (Å²) >= 11 is 0. The zero-order chi connectivity index (χ0) is 28.9. The third-order valence-electron chi connectivity index (χ3n) is 6.50. The van der Waals surface area contributed by atoms with Gasteiger partial charge in [0.2, 0.25) is 0 Å². The number of likely N-dealkylation sites (N-methyl/N-ethyl adjacent to an activating group) is 1. The molecule has 3 amide bonds. The first kappa shape index (κ1) is 30.0. The largest absolute Gasteiger partial charge is 0.497 e. The highest BCUT2D eigenvalue weighted by Crippen LogP contribution is 2.31. The Morgan fingerprint density at radius 3 is 2.46 bits per heavy atom. The van der Waals surface area contributed by atoms with Crippen LogP contribution in [0.5, 0.6) is 11.5 Å². The van der Waals surface area contributed by atoms with Crippen molar-refractivity contribution in [1.29, 1.82) is 0 Å². The van der Waals surface area contributed by atoms with Crippen LogP contribution >= 0.6 is 0 Å². The normalized spacial score (nSPS) is 18.4. The molecule has 0 fully saturated rings. The number of hydrogen-bond donors (Lipinski definition) is 3. The van der Waals surface area contributed by atoms with E-state index in [1.807, 2.05) is 20.8 Å². The Bertz CT molecular complexity index is 1270. The number of rotatable bonds is 9. The van der Waals surface area contributed by atoms with Gasteiger partial charge in [-0.25, -0.2) is 13.2 Å². The van der Waals surface area contributed by atoms with Crippen molar-refractivity contribution in [2.24, 2.45) is 5.92 Å². The fourth-order valence-electron chi connectivity index (χ4n) is 4.18. The highest BCUT2D eigenvalue weighted by Gasteiger charge is 2.34. The molecule has 3 atom stereocenters. The van der Waals surface area contributed by atoms with Gasteiger partial charge in [-0.2, -0.15) is 0 Å². The maximum absolute atomic E-state index is 13.6. The molecule has 11 nitrogen and oxygen atoms in total. The highest BCUT2D eigenvalue weighted by molar-refractivity contribution is 7.92. The second kappa shape index (κ2) is 12.6. The molecule has 0 aromatic heterocycles. The Labute approximate surface area is 230 Å². The van der Waals surface area contributed by atoms with E-state index in [4.69, 9.17) is 9.47 Å². The second-order valence-electron chi connectivity index (χ2n) is 10.1. The number of hydrogen-bond acceptors (Lipinski definition) is 7. The second-order valence-corrected chi connectivity index (χ2v) is 11.8. The average molecular weight is 563 g/mol. The molecule has 0 spiro atoms. The van der Waals surface area contributed by atoms with E-state index in [0.29, 0.717) is 5.75 Å². The maximum Gasteiger partial charge on any atom is 0.317 e. The van der Waals surface area contributed by atoms with Crippen molar-refractivity contribution in [3.05, 3.63) is 48.0 Å². The number of carbonyl (C=O) groups excluding carboxylic acids is 2. The standard InChI is InChI=1S/C27H38N4O7S/c1-17(2)28-27(34)30(5)15-25-18(3)14-31(19(4)16-32)26(33)23-13-20(7-12-24(23)38-25)29-39(35,36)22-10-8-21(37-6)9-11-22/h7-13,17-19,25,29,32H,14-16H2,1-6H3,(H,28,34)/t18-,19-,25+/m0/s1. The quantitative estimate of drug-likeness (QED) is 0.427. The summed E-state index contributed by atoms with van der Waals surface area (Å²) in [5.74, 6) is 0.204. The molecule has 0 saturated carbocycles. The number of methoxy groups -OCH3 is 1. The zero-order valence-electron chi connectivity index (χ0n) is 23.2. The van der Waals surface area contributed by atoms with Crippen LogP contribution in [0.25, 0.3) is 0 Å². The lowest BCUT2D eigenvalue weighted by Crippen LogP contribution is -2.51. The summed E-state index contributed by atoms with van der Waals surface area (Å²) in [7, 11) is -0.791. The van der Waals surface area contributed by atoms with E-state index in [1.54, 1.807) is 37.1 Å². The summed E-state index contributed by atoms with van der Waals surface area (Å²) in [5, 5.41) is 12.7. The fraction of sp³-hybridized carbons (Fsp3) is 0.481. The van der Waals surface area contributed by atoms with Crippen molar-refractivity contribution in [2.45, 2.75) is 50.8 Å². The minimum Gasteiger partial charge on any atom is -0.497 e. The summed E-state index contributed by atoms with van der Waals surface area (Å²) in [5.41, 5.74) is 0.327. The van der Waals surface area contributed by atoms with Crippen molar-refractivity contribution in [3.63, 3.8) is 0 Å². The van der Waals surface area contributed by atoms with Crippen LogP contribution in [0.1, 0.15) is 38.1 Å². The SMILES string of the molecule is COc1ccc(S(=O)(=O)Nc2ccc3c(c2)C(=O)N([C@@H](C)CO)C[C@H](C)[C@@H](CN(C)C(=O)NC(C)C)O3)cc1. The number of urea groups is 1. The first-order chi connectivity index (χ1) is 18.4. The zero-order valence-corrected chi connectivity index (χ0v) is 24.0. The van der Waals surface area contributed by atoms with E-state index in [2.05, 4.69) is 10.0 Å². The van der Waals surface area contributed by atoms with Crippen molar-refractivity contribution in [2.75, 3.05) is 38.6 Å². The predicted octanol–water partition coefficient (Wildman–Crippen LogP) is 2.77. The van der Waals surface area contributed by atoms with Gasteiger partial charge in [-0.15, -0.1) is 0 Å². The van der Waals surface area contributed by atoms with Gasteiger partial charge >= 0.3 is 6.03 Å². The van der Waals surface area contributed by atoms with Gasteiger partial charge in [-0.1, -0.05) is 6.92 Å². The van der Waals surface area contributed by atoms with E-state index < -0.39 is 28.1 Å². The number of aliphatic hydroxyl groups excluding tert-OH is 1. The van der Waals surface area contributed by atoms with Crippen LogP contribution in [-0.4, -0.2) is 87.3 Å². The number of sulfonamides is 1. The van der Waals surface area contributed by atoms with Gasteiger partial charge in [0.15, 0.2) is 0 Å². The third kappa shape index (κ3) is 7.33. The molecule has 1 aliphatic rings. The molecule has 3 rings (SSSR count). The Kier molecular flexibility index (Phi) is 9.68. The molecule has 0 bridgehead atoms. The van der Waals surface area contributed by atoms with Gasteiger partial charge in [0.05, 0.1) is 36.8 Å². The highest BCUT2D eigenvalue weighted by atomic mass is 32.2. The van der Waals surface area contributed by atoms with Gasteiger partial charge in [0.25, 0.3) is 15.9 Å². The molecule has 1 aliphatic heterocycles. The van der Waals surface area contributed by atoms with E-state index >= 15 is 0 Å². The number of anilines is 1. The summed E-state index contributed by atoms with van der Waals surface area (Å²) in [4.78, 5) is 29.3. The van der Waals surface area contributed by atoms with Gasteiger partial charge in [-0.05, 0) is 63.2 Å². The molecule has 0 saturated heterocycles. The molecule has 2 aromatic rings. The van der Waals surface area contributed by atoms with Crippen LogP contribution in [0.2, 0.25) is 0 Å². The van der Waals surface area contributed by atoms with Crippen molar-refractivity contribution in [1.82, 2.24) is 15.1 Å². The van der Waals surface area contributed by atoms with Crippen LogP contribution in [0, 0.1) is 5.92 Å². The predicted molar refractivity (Wildman–Crippen MR) is 148 cm³/mol. The molecular weight excluding hydrogens is 524 g/mol. The van der Waals surface area contributed by atoms with Crippen LogP contribution in [-0.2, 0) is 10.0 Å². The van der Waals surface area contributed by atoms with Crippen molar-refractivity contribution < 1.29 is 32.6 Å². The van der Waals surface area contributed by atoms with E-state index in [0.717, 1.165) is 0 Å².